The second-order valence-electron chi connectivity index (χ2n) is 8.89. The van der Waals surface area contributed by atoms with Crippen molar-refractivity contribution in [3.05, 3.63) is 45.5 Å². The summed E-state index contributed by atoms with van der Waals surface area (Å²) in [6.45, 7) is 7.40. The van der Waals surface area contributed by atoms with Crippen molar-refractivity contribution in [2.75, 3.05) is 46.8 Å². The third kappa shape index (κ3) is 3.85. The highest BCUT2D eigenvalue weighted by Gasteiger charge is 2.54. The van der Waals surface area contributed by atoms with E-state index < -0.39 is 0 Å². The Balaban J connectivity index is 1.50. The zero-order valence-electron chi connectivity index (χ0n) is 17.6. The van der Waals surface area contributed by atoms with Crippen LogP contribution >= 0.6 is 11.3 Å². The second-order valence-corrected chi connectivity index (χ2v) is 9.67. The highest BCUT2D eigenvalue weighted by Crippen LogP contribution is 2.43. The van der Waals surface area contributed by atoms with Crippen LogP contribution in [0.5, 0.6) is 0 Å². The summed E-state index contributed by atoms with van der Waals surface area (Å²) in [7, 11) is 4.13. The van der Waals surface area contributed by atoms with E-state index in [1.54, 1.807) is 11.3 Å². The number of carbonyl (C=O) groups excluding carboxylic acids is 2. The molecular weight excluding hydrogens is 386 g/mol. The Morgan fingerprint density at radius 2 is 1.97 bits per heavy atom. The molecule has 2 aliphatic rings. The minimum atomic E-state index is -0.0733. The number of nitrogens with zero attached hydrogens (tertiary/aromatic N) is 3. The quantitative estimate of drug-likeness (QED) is 0.753. The van der Waals surface area contributed by atoms with E-state index in [2.05, 4.69) is 19.0 Å². The maximum atomic E-state index is 13.1. The number of hydrogen-bond acceptors (Lipinski definition) is 5. The topological polar surface area (TPSA) is 57.0 Å². The number of carbonyl (C=O) groups is 2. The van der Waals surface area contributed by atoms with Crippen LogP contribution in [0.25, 0.3) is 0 Å². The Bertz CT molecular complexity index is 905. The van der Waals surface area contributed by atoms with Crippen LogP contribution in [0.3, 0.4) is 0 Å². The number of thiophene rings is 1. The van der Waals surface area contributed by atoms with E-state index in [1.807, 2.05) is 46.5 Å². The van der Waals surface area contributed by atoms with Crippen molar-refractivity contribution in [3.8, 4) is 0 Å². The highest BCUT2D eigenvalue weighted by molar-refractivity contribution is 7.08. The van der Waals surface area contributed by atoms with Crippen molar-refractivity contribution < 1.29 is 14.0 Å². The molecule has 2 unspecified atom stereocenters. The molecule has 2 aromatic rings. The van der Waals surface area contributed by atoms with Crippen LogP contribution < -0.4 is 0 Å². The minimum absolute atomic E-state index is 0.0445. The minimum Gasteiger partial charge on any atom is -0.466 e. The first-order valence-electron chi connectivity index (χ1n) is 10.1. The first-order chi connectivity index (χ1) is 13.8. The summed E-state index contributed by atoms with van der Waals surface area (Å²) in [5, 5.41) is 4.05. The normalized spacial score (nSPS) is 23.8. The SMILES string of the molecule is Cc1cc(C(=O)N2CC3CN(C(=O)Cc4ccsc4)CC3(CN(C)C)C2)c(C)o1. The summed E-state index contributed by atoms with van der Waals surface area (Å²) in [5.74, 6) is 1.98. The summed E-state index contributed by atoms with van der Waals surface area (Å²) in [5.41, 5.74) is 1.67. The lowest BCUT2D eigenvalue weighted by molar-refractivity contribution is -0.130. The van der Waals surface area contributed by atoms with Gasteiger partial charge in [-0.2, -0.15) is 11.3 Å². The predicted molar refractivity (Wildman–Crippen MR) is 113 cm³/mol. The summed E-state index contributed by atoms with van der Waals surface area (Å²) in [6, 6.07) is 3.85. The molecule has 6 nitrogen and oxygen atoms in total. The maximum Gasteiger partial charge on any atom is 0.257 e. The third-order valence-electron chi connectivity index (χ3n) is 6.24. The van der Waals surface area contributed by atoms with Crippen molar-refractivity contribution in [1.29, 1.82) is 0 Å². The molecule has 4 rings (SSSR count). The zero-order valence-corrected chi connectivity index (χ0v) is 18.4. The van der Waals surface area contributed by atoms with E-state index in [-0.39, 0.29) is 17.2 Å². The van der Waals surface area contributed by atoms with Gasteiger partial charge in [0.25, 0.3) is 5.91 Å². The molecule has 0 radical (unpaired) electrons. The van der Waals surface area contributed by atoms with Gasteiger partial charge in [-0.1, -0.05) is 0 Å². The van der Waals surface area contributed by atoms with Gasteiger partial charge in [0, 0.05) is 44.1 Å². The van der Waals surface area contributed by atoms with Crippen molar-refractivity contribution in [1.82, 2.24) is 14.7 Å². The van der Waals surface area contributed by atoms with Crippen molar-refractivity contribution >= 4 is 23.2 Å². The number of fused-ring (bicyclic) bond motifs is 1. The lowest BCUT2D eigenvalue weighted by Gasteiger charge is -2.32. The van der Waals surface area contributed by atoms with Crippen LogP contribution in [-0.2, 0) is 11.2 Å². The maximum absolute atomic E-state index is 13.1. The van der Waals surface area contributed by atoms with Gasteiger partial charge in [-0.25, -0.2) is 0 Å². The van der Waals surface area contributed by atoms with Gasteiger partial charge in [0.15, 0.2) is 0 Å². The van der Waals surface area contributed by atoms with Crippen LogP contribution in [0.4, 0.5) is 0 Å². The van der Waals surface area contributed by atoms with Gasteiger partial charge < -0.3 is 19.1 Å². The fourth-order valence-electron chi connectivity index (χ4n) is 5.07. The zero-order chi connectivity index (χ0) is 20.8. The van der Waals surface area contributed by atoms with Gasteiger partial charge in [-0.05, 0) is 56.4 Å². The highest BCUT2D eigenvalue weighted by atomic mass is 32.1. The predicted octanol–water partition coefficient (Wildman–Crippen LogP) is 2.66. The first-order valence-corrected chi connectivity index (χ1v) is 11.0. The van der Waals surface area contributed by atoms with Crippen LogP contribution in [0, 0.1) is 25.2 Å². The molecule has 2 saturated heterocycles. The molecule has 0 aliphatic carbocycles. The number of rotatable bonds is 5. The molecule has 2 atom stereocenters. The molecule has 29 heavy (non-hydrogen) atoms. The van der Waals surface area contributed by atoms with E-state index in [4.69, 9.17) is 4.42 Å². The first kappa shape index (κ1) is 20.2. The molecule has 2 aliphatic heterocycles. The van der Waals surface area contributed by atoms with Gasteiger partial charge in [0.2, 0.25) is 5.91 Å². The molecular formula is C22H29N3O3S. The average molecular weight is 416 g/mol. The number of hydrogen-bond donors (Lipinski definition) is 0. The Morgan fingerprint density at radius 1 is 1.24 bits per heavy atom. The molecule has 0 saturated carbocycles. The molecule has 2 aromatic heterocycles. The molecule has 7 heteroatoms. The fraction of sp³-hybridized carbons (Fsp3) is 0.545. The van der Waals surface area contributed by atoms with Gasteiger partial charge in [-0.3, -0.25) is 9.59 Å². The fourth-order valence-corrected chi connectivity index (χ4v) is 5.74. The van der Waals surface area contributed by atoms with Gasteiger partial charge in [-0.15, -0.1) is 0 Å². The number of furan rings is 1. The molecule has 0 N–H and O–H groups in total. The molecule has 0 aromatic carbocycles. The van der Waals surface area contributed by atoms with Crippen molar-refractivity contribution in [2.24, 2.45) is 11.3 Å². The van der Waals surface area contributed by atoms with Crippen molar-refractivity contribution in [2.45, 2.75) is 20.3 Å². The second kappa shape index (κ2) is 7.61. The van der Waals surface area contributed by atoms with E-state index in [9.17, 15) is 9.59 Å². The molecule has 4 heterocycles. The monoisotopic (exact) mass is 415 g/mol. The number of likely N-dealkylation sites (tertiary alicyclic amines) is 2. The van der Waals surface area contributed by atoms with Gasteiger partial charge >= 0.3 is 0 Å². The Morgan fingerprint density at radius 3 is 2.59 bits per heavy atom. The summed E-state index contributed by atoms with van der Waals surface area (Å²) >= 11 is 1.62. The number of amides is 2. The lowest BCUT2D eigenvalue weighted by atomic mass is 9.80. The van der Waals surface area contributed by atoms with Gasteiger partial charge in [0.05, 0.1) is 12.0 Å². The smallest absolute Gasteiger partial charge is 0.257 e. The Labute approximate surface area is 176 Å². The molecule has 0 spiro atoms. The Kier molecular flexibility index (Phi) is 5.29. The van der Waals surface area contributed by atoms with Gasteiger partial charge in [0.1, 0.15) is 11.5 Å². The van der Waals surface area contributed by atoms with Crippen molar-refractivity contribution in [3.63, 3.8) is 0 Å². The largest absolute Gasteiger partial charge is 0.466 e. The number of aryl methyl sites for hydroxylation is 2. The standard InChI is InChI=1S/C22H29N3O3S/c1-15-7-19(16(2)28-15)21(27)25-10-18-9-24(13-22(18,14-25)12-23(3)4)20(26)8-17-5-6-29-11-17/h5-7,11,18H,8-10,12-14H2,1-4H3. The average Bonchev–Trinajstić information content (AvgIpc) is 3.37. The van der Waals surface area contributed by atoms with Crippen LogP contribution in [0.15, 0.2) is 27.3 Å². The molecule has 2 fully saturated rings. The summed E-state index contributed by atoms with van der Waals surface area (Å²) in [4.78, 5) is 32.2. The lowest BCUT2D eigenvalue weighted by Crippen LogP contribution is -2.44. The molecule has 0 bridgehead atoms. The Hall–Kier alpha value is -2.12. The van der Waals surface area contributed by atoms with E-state index in [0.717, 1.165) is 24.4 Å². The van der Waals surface area contributed by atoms with Crippen LogP contribution in [0.1, 0.15) is 27.4 Å². The van der Waals surface area contributed by atoms with E-state index in [1.165, 1.54) is 0 Å². The van der Waals surface area contributed by atoms with E-state index >= 15 is 0 Å². The summed E-state index contributed by atoms with van der Waals surface area (Å²) < 4.78 is 5.57. The molecule has 2 amide bonds. The third-order valence-corrected chi connectivity index (χ3v) is 6.97. The van der Waals surface area contributed by atoms with Crippen LogP contribution in [-0.4, -0.2) is 73.3 Å². The van der Waals surface area contributed by atoms with Crippen LogP contribution in [0.2, 0.25) is 0 Å². The summed E-state index contributed by atoms with van der Waals surface area (Å²) in [6.07, 6.45) is 0.463. The molecule has 156 valence electrons. The van der Waals surface area contributed by atoms with E-state index in [0.29, 0.717) is 43.3 Å².